The quantitative estimate of drug-likeness (QED) is 0.383. The van der Waals surface area contributed by atoms with E-state index in [0.717, 1.165) is 46.9 Å². The van der Waals surface area contributed by atoms with E-state index >= 15 is 0 Å². The lowest BCUT2D eigenvalue weighted by Gasteiger charge is -2.14. The molecule has 0 aliphatic carbocycles. The molecule has 0 saturated heterocycles. The predicted molar refractivity (Wildman–Crippen MR) is 115 cm³/mol. The molecule has 0 bridgehead atoms. The number of aliphatic hydroxyl groups is 1. The standard InChI is InChI=1S/C24H26N2O2/c27-19(16-25-15-7-10-18-8-2-1-3-9-18)17-28-23-14-6-13-22-24(23)20-11-4-5-12-21(20)26-22/h1-6,8-9,11-14,19,25-27H,7,10,15-17H2. The van der Waals surface area contributed by atoms with Crippen LogP contribution >= 0.6 is 0 Å². The normalized spacial score (nSPS) is 12.5. The average molecular weight is 374 g/mol. The summed E-state index contributed by atoms with van der Waals surface area (Å²) in [5.41, 5.74) is 3.49. The lowest BCUT2D eigenvalue weighted by atomic mass is 10.1. The first-order valence-electron chi connectivity index (χ1n) is 9.86. The van der Waals surface area contributed by atoms with Gasteiger partial charge in [0.05, 0.1) is 5.52 Å². The summed E-state index contributed by atoms with van der Waals surface area (Å²) in [5.74, 6) is 0.804. The Balaban J connectivity index is 1.27. The smallest absolute Gasteiger partial charge is 0.129 e. The molecule has 28 heavy (non-hydrogen) atoms. The molecule has 1 atom stereocenters. The van der Waals surface area contributed by atoms with E-state index in [4.69, 9.17) is 4.74 Å². The second kappa shape index (κ2) is 8.91. The van der Waals surface area contributed by atoms with Gasteiger partial charge in [0.15, 0.2) is 0 Å². The molecule has 4 nitrogen and oxygen atoms in total. The van der Waals surface area contributed by atoms with Crippen LogP contribution in [0.3, 0.4) is 0 Å². The second-order valence-corrected chi connectivity index (χ2v) is 7.11. The molecule has 0 amide bonds. The van der Waals surface area contributed by atoms with E-state index in [-0.39, 0.29) is 6.61 Å². The lowest BCUT2D eigenvalue weighted by molar-refractivity contribution is 0.107. The number of para-hydroxylation sites is 1. The van der Waals surface area contributed by atoms with E-state index in [0.29, 0.717) is 6.54 Å². The predicted octanol–water partition coefficient (Wildman–Crippen LogP) is 4.28. The van der Waals surface area contributed by atoms with Gasteiger partial charge in [0, 0.05) is 22.8 Å². The molecular formula is C24H26N2O2. The molecule has 4 rings (SSSR count). The van der Waals surface area contributed by atoms with Crippen molar-refractivity contribution in [3.8, 4) is 5.75 Å². The van der Waals surface area contributed by atoms with Gasteiger partial charge >= 0.3 is 0 Å². The first-order valence-corrected chi connectivity index (χ1v) is 9.86. The largest absolute Gasteiger partial charge is 0.490 e. The summed E-state index contributed by atoms with van der Waals surface area (Å²) in [5, 5.41) is 15.8. The van der Waals surface area contributed by atoms with Crippen molar-refractivity contribution in [1.29, 1.82) is 0 Å². The SMILES string of the molecule is OC(CNCCCc1ccccc1)COc1cccc2[nH]c3ccccc3c12. The maximum atomic E-state index is 10.3. The molecule has 1 unspecified atom stereocenters. The third kappa shape index (κ3) is 4.35. The molecule has 0 fully saturated rings. The van der Waals surface area contributed by atoms with Crippen LogP contribution in [0.15, 0.2) is 72.8 Å². The summed E-state index contributed by atoms with van der Waals surface area (Å²) in [6, 6.07) is 24.6. The van der Waals surface area contributed by atoms with Gasteiger partial charge in [-0.25, -0.2) is 0 Å². The van der Waals surface area contributed by atoms with Crippen LogP contribution in [0.5, 0.6) is 5.75 Å². The number of benzene rings is 3. The van der Waals surface area contributed by atoms with Crippen LogP contribution in [0.1, 0.15) is 12.0 Å². The number of aromatic nitrogens is 1. The van der Waals surface area contributed by atoms with Gasteiger partial charge in [0.1, 0.15) is 18.5 Å². The summed E-state index contributed by atoms with van der Waals surface area (Å²) in [6.45, 7) is 1.67. The van der Waals surface area contributed by atoms with Crippen LogP contribution in [-0.4, -0.2) is 35.9 Å². The van der Waals surface area contributed by atoms with Gasteiger partial charge in [0.2, 0.25) is 0 Å². The van der Waals surface area contributed by atoms with Crippen LogP contribution in [0, 0.1) is 0 Å². The number of rotatable bonds is 9. The van der Waals surface area contributed by atoms with Crippen molar-refractivity contribution in [2.75, 3.05) is 19.7 Å². The molecule has 0 saturated carbocycles. The molecule has 1 heterocycles. The van der Waals surface area contributed by atoms with E-state index in [9.17, 15) is 5.11 Å². The lowest BCUT2D eigenvalue weighted by Crippen LogP contribution is -2.32. The monoisotopic (exact) mass is 374 g/mol. The topological polar surface area (TPSA) is 57.3 Å². The highest BCUT2D eigenvalue weighted by Crippen LogP contribution is 2.32. The number of fused-ring (bicyclic) bond motifs is 3. The summed E-state index contributed by atoms with van der Waals surface area (Å²) in [4.78, 5) is 3.41. The number of ether oxygens (including phenoxy) is 1. The molecule has 4 heteroatoms. The molecule has 144 valence electrons. The number of hydrogen-bond donors (Lipinski definition) is 3. The zero-order chi connectivity index (χ0) is 19.2. The van der Waals surface area contributed by atoms with Crippen LogP contribution in [-0.2, 0) is 6.42 Å². The van der Waals surface area contributed by atoms with Gasteiger partial charge in [-0.1, -0.05) is 54.6 Å². The van der Waals surface area contributed by atoms with Gasteiger partial charge in [-0.3, -0.25) is 0 Å². The number of aliphatic hydroxyl groups excluding tert-OH is 1. The van der Waals surface area contributed by atoms with E-state index in [2.05, 4.69) is 46.7 Å². The Hall–Kier alpha value is -2.82. The van der Waals surface area contributed by atoms with Crippen LogP contribution in [0.2, 0.25) is 0 Å². The highest BCUT2D eigenvalue weighted by molar-refractivity contribution is 6.10. The second-order valence-electron chi connectivity index (χ2n) is 7.11. The van der Waals surface area contributed by atoms with Crippen molar-refractivity contribution in [2.45, 2.75) is 18.9 Å². The first-order chi connectivity index (χ1) is 13.8. The molecule has 0 radical (unpaired) electrons. The highest BCUT2D eigenvalue weighted by Gasteiger charge is 2.11. The number of aromatic amines is 1. The van der Waals surface area contributed by atoms with Gasteiger partial charge in [-0.05, 0) is 43.1 Å². The Kier molecular flexibility index (Phi) is 5.90. The molecule has 3 N–H and O–H groups in total. The Morgan fingerprint density at radius 1 is 0.893 bits per heavy atom. The summed E-state index contributed by atoms with van der Waals surface area (Å²) in [7, 11) is 0. The zero-order valence-electron chi connectivity index (χ0n) is 15.9. The minimum atomic E-state index is -0.544. The Morgan fingerprint density at radius 3 is 2.57 bits per heavy atom. The van der Waals surface area contributed by atoms with Crippen molar-refractivity contribution in [1.82, 2.24) is 10.3 Å². The van der Waals surface area contributed by atoms with Crippen LogP contribution in [0.4, 0.5) is 0 Å². The van der Waals surface area contributed by atoms with Crippen molar-refractivity contribution in [2.24, 2.45) is 0 Å². The highest BCUT2D eigenvalue weighted by atomic mass is 16.5. The van der Waals surface area contributed by atoms with Crippen molar-refractivity contribution < 1.29 is 9.84 Å². The summed E-state index contributed by atoms with van der Waals surface area (Å²) >= 11 is 0. The summed E-state index contributed by atoms with van der Waals surface area (Å²) in [6.07, 6.45) is 1.55. The third-order valence-electron chi connectivity index (χ3n) is 4.96. The van der Waals surface area contributed by atoms with Crippen molar-refractivity contribution >= 4 is 21.8 Å². The number of aryl methyl sites for hydroxylation is 1. The fourth-order valence-corrected chi connectivity index (χ4v) is 3.56. The Bertz CT molecular complexity index is 1030. The van der Waals surface area contributed by atoms with Crippen molar-refractivity contribution in [3.05, 3.63) is 78.4 Å². The third-order valence-corrected chi connectivity index (χ3v) is 4.96. The van der Waals surface area contributed by atoms with Gasteiger partial charge in [-0.2, -0.15) is 0 Å². The minimum absolute atomic E-state index is 0.268. The molecule has 4 aromatic rings. The molecular weight excluding hydrogens is 348 g/mol. The zero-order valence-corrected chi connectivity index (χ0v) is 15.9. The van der Waals surface area contributed by atoms with Crippen LogP contribution in [0.25, 0.3) is 21.8 Å². The maximum absolute atomic E-state index is 10.3. The fourth-order valence-electron chi connectivity index (χ4n) is 3.56. The number of hydrogen-bond acceptors (Lipinski definition) is 3. The Labute approximate surface area is 165 Å². The maximum Gasteiger partial charge on any atom is 0.129 e. The van der Waals surface area contributed by atoms with Gasteiger partial charge in [0.25, 0.3) is 0 Å². The average Bonchev–Trinajstić information content (AvgIpc) is 3.12. The van der Waals surface area contributed by atoms with Crippen LogP contribution < -0.4 is 10.1 Å². The fraction of sp³-hybridized carbons (Fsp3) is 0.250. The number of H-pyrrole nitrogens is 1. The molecule has 0 spiro atoms. The Morgan fingerprint density at radius 2 is 1.68 bits per heavy atom. The van der Waals surface area contributed by atoms with Crippen molar-refractivity contribution in [3.63, 3.8) is 0 Å². The first kappa shape index (κ1) is 18.5. The van der Waals surface area contributed by atoms with Gasteiger partial charge < -0.3 is 20.1 Å². The minimum Gasteiger partial charge on any atom is -0.490 e. The molecule has 3 aromatic carbocycles. The van der Waals surface area contributed by atoms with E-state index in [1.165, 1.54) is 5.56 Å². The molecule has 0 aliphatic heterocycles. The number of nitrogens with one attached hydrogen (secondary N) is 2. The van der Waals surface area contributed by atoms with E-state index in [1.54, 1.807) is 0 Å². The molecule has 1 aromatic heterocycles. The summed E-state index contributed by atoms with van der Waals surface area (Å²) < 4.78 is 5.96. The van der Waals surface area contributed by atoms with E-state index < -0.39 is 6.10 Å². The molecule has 0 aliphatic rings. The van der Waals surface area contributed by atoms with E-state index in [1.807, 2.05) is 36.4 Å². The van der Waals surface area contributed by atoms with Gasteiger partial charge in [-0.15, -0.1) is 0 Å².